The van der Waals surface area contributed by atoms with Gasteiger partial charge in [-0.2, -0.15) is 0 Å². The summed E-state index contributed by atoms with van der Waals surface area (Å²) in [5.41, 5.74) is 1.62. The second kappa shape index (κ2) is 12.5. The molecular formula is C29H24F6N2O6S2. The van der Waals surface area contributed by atoms with E-state index in [1.807, 2.05) is 26.0 Å². The van der Waals surface area contributed by atoms with Crippen LogP contribution in [0.3, 0.4) is 0 Å². The number of alkyl halides is 6. The molecule has 16 heteroatoms. The third-order valence-corrected chi connectivity index (χ3v) is 8.89. The van der Waals surface area contributed by atoms with E-state index < -0.39 is 54.1 Å². The summed E-state index contributed by atoms with van der Waals surface area (Å²) >= 11 is 0. The lowest BCUT2D eigenvalue weighted by atomic mass is 9.97. The van der Waals surface area contributed by atoms with Crippen molar-refractivity contribution in [2.45, 2.75) is 42.3 Å². The van der Waals surface area contributed by atoms with E-state index in [9.17, 15) is 43.2 Å². The van der Waals surface area contributed by atoms with E-state index in [0.29, 0.717) is 11.1 Å². The number of hydrogen-bond donors (Lipinski definition) is 2. The Morgan fingerprint density at radius 2 is 1.02 bits per heavy atom. The Morgan fingerprint density at radius 3 is 1.47 bits per heavy atom. The molecule has 0 aliphatic heterocycles. The third-order valence-electron chi connectivity index (χ3n) is 6.13. The molecule has 240 valence electrons. The van der Waals surface area contributed by atoms with E-state index in [-0.39, 0.29) is 17.3 Å². The second-order valence-electron chi connectivity index (χ2n) is 9.79. The molecule has 0 spiro atoms. The van der Waals surface area contributed by atoms with Crippen LogP contribution in [0.2, 0.25) is 0 Å². The molecule has 0 aromatic heterocycles. The molecule has 0 saturated heterocycles. The van der Waals surface area contributed by atoms with Gasteiger partial charge >= 0.3 is 12.7 Å². The summed E-state index contributed by atoms with van der Waals surface area (Å²) in [6.45, 7) is 3.95. The number of benzene rings is 4. The van der Waals surface area contributed by atoms with Crippen LogP contribution in [0, 0.1) is 0 Å². The van der Waals surface area contributed by atoms with E-state index >= 15 is 0 Å². The Kier molecular flexibility index (Phi) is 9.30. The molecule has 0 saturated carbocycles. The van der Waals surface area contributed by atoms with E-state index in [4.69, 9.17) is 0 Å². The zero-order valence-electron chi connectivity index (χ0n) is 23.3. The second-order valence-corrected chi connectivity index (χ2v) is 13.2. The molecule has 4 aromatic carbocycles. The van der Waals surface area contributed by atoms with Crippen molar-refractivity contribution in [1.29, 1.82) is 0 Å². The van der Waals surface area contributed by atoms with Crippen LogP contribution in [0.4, 0.5) is 37.7 Å². The third kappa shape index (κ3) is 9.04. The number of anilines is 2. The van der Waals surface area contributed by atoms with Gasteiger partial charge in [0.15, 0.2) is 0 Å². The van der Waals surface area contributed by atoms with Crippen LogP contribution in [0.5, 0.6) is 11.5 Å². The standard InChI is InChI=1S/C29H24F6N2O6S2/c1-18(2)19-4-3-5-20(16-19)21-6-15-26(36-44(38,39)24-11-7-22(8-12-24)42-28(30,31)32)27(17-21)37-45(40,41)25-13-9-23(10-14-25)43-29(33,34)35/h3-18,36-37H,1-2H3. The zero-order valence-corrected chi connectivity index (χ0v) is 24.9. The van der Waals surface area contributed by atoms with Gasteiger partial charge in [0.25, 0.3) is 20.0 Å². The molecule has 0 amide bonds. The summed E-state index contributed by atoms with van der Waals surface area (Å²) in [6, 6.07) is 18.1. The minimum atomic E-state index is -5.00. The summed E-state index contributed by atoms with van der Waals surface area (Å²) in [7, 11) is -8.98. The van der Waals surface area contributed by atoms with Crippen LogP contribution in [0.15, 0.2) is 101 Å². The molecule has 4 aromatic rings. The van der Waals surface area contributed by atoms with Gasteiger partial charge in [0.05, 0.1) is 21.2 Å². The van der Waals surface area contributed by atoms with Crippen molar-refractivity contribution in [3.05, 3.63) is 96.6 Å². The number of sulfonamides is 2. The van der Waals surface area contributed by atoms with Gasteiger partial charge in [0.1, 0.15) is 11.5 Å². The smallest absolute Gasteiger partial charge is 0.406 e. The van der Waals surface area contributed by atoms with E-state index in [2.05, 4.69) is 18.9 Å². The van der Waals surface area contributed by atoms with Gasteiger partial charge in [-0.25, -0.2) is 16.8 Å². The van der Waals surface area contributed by atoms with Crippen LogP contribution in [-0.2, 0) is 20.0 Å². The van der Waals surface area contributed by atoms with Crippen LogP contribution in [0.25, 0.3) is 11.1 Å². The SMILES string of the molecule is CC(C)c1cccc(-c2ccc(NS(=O)(=O)c3ccc(OC(F)(F)F)cc3)c(NS(=O)(=O)c3ccc(OC(F)(F)F)cc3)c2)c1. The van der Waals surface area contributed by atoms with Gasteiger partial charge in [-0.1, -0.05) is 44.2 Å². The number of nitrogens with one attached hydrogen (secondary N) is 2. The Labute approximate surface area is 254 Å². The molecule has 0 radical (unpaired) electrons. The molecule has 0 atom stereocenters. The fourth-order valence-corrected chi connectivity index (χ4v) is 6.17. The minimum absolute atomic E-state index is 0.159. The van der Waals surface area contributed by atoms with E-state index in [1.165, 1.54) is 18.2 Å². The van der Waals surface area contributed by atoms with Crippen molar-refractivity contribution in [2.24, 2.45) is 0 Å². The topological polar surface area (TPSA) is 111 Å². The highest BCUT2D eigenvalue weighted by atomic mass is 32.2. The first-order valence-electron chi connectivity index (χ1n) is 12.8. The highest BCUT2D eigenvalue weighted by Gasteiger charge is 2.32. The number of rotatable bonds is 10. The molecule has 0 unspecified atom stereocenters. The summed E-state index contributed by atoms with van der Waals surface area (Å²) < 4.78 is 140. The Morgan fingerprint density at radius 1 is 0.578 bits per heavy atom. The average molecular weight is 675 g/mol. The first-order valence-corrected chi connectivity index (χ1v) is 15.8. The average Bonchev–Trinajstić information content (AvgIpc) is 2.92. The van der Waals surface area contributed by atoms with Gasteiger partial charge in [-0.05, 0) is 83.3 Å². The highest BCUT2D eigenvalue weighted by Crippen LogP contribution is 2.34. The number of hydrogen-bond acceptors (Lipinski definition) is 6. The largest absolute Gasteiger partial charge is 0.573 e. The monoisotopic (exact) mass is 674 g/mol. The molecule has 45 heavy (non-hydrogen) atoms. The van der Waals surface area contributed by atoms with Crippen LogP contribution in [-0.4, -0.2) is 29.6 Å². The lowest BCUT2D eigenvalue weighted by molar-refractivity contribution is -0.275. The van der Waals surface area contributed by atoms with Gasteiger partial charge in [-0.3, -0.25) is 9.44 Å². The van der Waals surface area contributed by atoms with E-state index in [0.717, 1.165) is 54.1 Å². The maximum Gasteiger partial charge on any atom is 0.573 e. The highest BCUT2D eigenvalue weighted by molar-refractivity contribution is 7.93. The number of halogens is 6. The van der Waals surface area contributed by atoms with Gasteiger partial charge < -0.3 is 9.47 Å². The van der Waals surface area contributed by atoms with Crippen LogP contribution < -0.4 is 18.9 Å². The van der Waals surface area contributed by atoms with E-state index in [1.54, 1.807) is 12.1 Å². The molecule has 2 N–H and O–H groups in total. The predicted octanol–water partition coefficient (Wildman–Crippen LogP) is 7.88. The maximum atomic E-state index is 13.3. The molecule has 0 aliphatic rings. The fourth-order valence-electron chi connectivity index (χ4n) is 4.02. The lowest BCUT2D eigenvalue weighted by Gasteiger charge is -2.17. The maximum absolute atomic E-state index is 13.3. The van der Waals surface area contributed by atoms with Crippen molar-refractivity contribution >= 4 is 31.4 Å². The normalized spacial score (nSPS) is 12.6. The van der Waals surface area contributed by atoms with Crippen molar-refractivity contribution in [3.8, 4) is 22.6 Å². The summed E-state index contributed by atoms with van der Waals surface area (Å²) in [5.74, 6) is -1.16. The molecule has 0 heterocycles. The number of ether oxygens (including phenoxy) is 2. The minimum Gasteiger partial charge on any atom is -0.406 e. The Hall–Kier alpha value is -4.44. The van der Waals surface area contributed by atoms with Crippen molar-refractivity contribution in [2.75, 3.05) is 9.44 Å². The van der Waals surface area contributed by atoms with Gasteiger partial charge in [-0.15, -0.1) is 26.3 Å². The zero-order chi connectivity index (χ0) is 33.2. The van der Waals surface area contributed by atoms with Crippen molar-refractivity contribution < 1.29 is 52.7 Å². The van der Waals surface area contributed by atoms with Crippen molar-refractivity contribution in [3.63, 3.8) is 0 Å². The van der Waals surface area contributed by atoms with Crippen molar-refractivity contribution in [1.82, 2.24) is 0 Å². The first-order chi connectivity index (χ1) is 20.8. The van der Waals surface area contributed by atoms with Crippen LogP contribution >= 0.6 is 0 Å². The lowest BCUT2D eigenvalue weighted by Crippen LogP contribution is -2.19. The predicted molar refractivity (Wildman–Crippen MR) is 154 cm³/mol. The summed E-state index contributed by atoms with van der Waals surface area (Å²) in [4.78, 5) is -0.918. The molecule has 0 bridgehead atoms. The summed E-state index contributed by atoms with van der Waals surface area (Å²) in [5, 5.41) is 0. The quantitative estimate of drug-likeness (QED) is 0.166. The van der Waals surface area contributed by atoms with Crippen LogP contribution in [0.1, 0.15) is 25.3 Å². The first kappa shape index (κ1) is 33.5. The molecule has 4 rings (SSSR count). The summed E-state index contributed by atoms with van der Waals surface area (Å²) in [6.07, 6.45) is -9.99. The van der Waals surface area contributed by atoms with Gasteiger partial charge in [0, 0.05) is 0 Å². The van der Waals surface area contributed by atoms with Gasteiger partial charge in [0.2, 0.25) is 0 Å². The molecular weight excluding hydrogens is 650 g/mol. The fraction of sp³-hybridized carbons (Fsp3) is 0.172. The molecule has 0 aliphatic carbocycles. The molecule has 0 fully saturated rings. The molecule has 8 nitrogen and oxygen atoms in total. The Balaban J connectivity index is 1.72. The Bertz CT molecular complexity index is 1880.